The van der Waals surface area contributed by atoms with E-state index >= 15 is 0 Å². The Balaban J connectivity index is 2.18. The zero-order valence-electron chi connectivity index (χ0n) is 14.2. The van der Waals surface area contributed by atoms with E-state index < -0.39 is 12.0 Å². The standard InChI is InChI=1S/C17H13ClF3N5O/c1-26(2)7-6-12-14-11(24-15(25-12)17(19,20)21)4-3-5-13(14)27-16-22-8-10(18)9-23-16/h3-9H,1-2H3/b7-6+. The van der Waals surface area contributed by atoms with Crippen LogP contribution >= 0.6 is 11.6 Å². The molecule has 0 amide bonds. The Morgan fingerprint density at radius 2 is 1.81 bits per heavy atom. The van der Waals surface area contributed by atoms with Crippen LogP contribution in [0.4, 0.5) is 13.2 Å². The van der Waals surface area contributed by atoms with E-state index in [0.29, 0.717) is 10.4 Å². The molecule has 0 spiro atoms. The van der Waals surface area contributed by atoms with Crippen molar-refractivity contribution in [1.82, 2.24) is 24.8 Å². The van der Waals surface area contributed by atoms with Gasteiger partial charge in [-0.2, -0.15) is 13.2 Å². The molecule has 0 aliphatic rings. The number of aromatic nitrogens is 4. The van der Waals surface area contributed by atoms with Crippen molar-refractivity contribution in [3.63, 3.8) is 0 Å². The Morgan fingerprint density at radius 1 is 1.11 bits per heavy atom. The number of nitrogens with zero attached hydrogens (tertiary/aromatic N) is 5. The maximum Gasteiger partial charge on any atom is 0.451 e. The maximum absolute atomic E-state index is 13.2. The number of alkyl halides is 3. The molecule has 0 unspecified atom stereocenters. The van der Waals surface area contributed by atoms with Gasteiger partial charge < -0.3 is 9.64 Å². The van der Waals surface area contributed by atoms with E-state index in [1.165, 1.54) is 30.6 Å². The summed E-state index contributed by atoms with van der Waals surface area (Å²) in [7, 11) is 3.48. The van der Waals surface area contributed by atoms with Crippen LogP contribution in [0.5, 0.6) is 11.8 Å². The molecular formula is C17H13ClF3N5O. The van der Waals surface area contributed by atoms with Crippen molar-refractivity contribution < 1.29 is 17.9 Å². The quantitative estimate of drug-likeness (QED) is 0.651. The molecule has 2 heterocycles. The van der Waals surface area contributed by atoms with Gasteiger partial charge in [-0.15, -0.1) is 0 Å². The average Bonchev–Trinajstić information content (AvgIpc) is 2.60. The lowest BCUT2D eigenvalue weighted by atomic mass is 10.1. The Kier molecular flexibility index (Phi) is 5.13. The Bertz CT molecular complexity index is 990. The van der Waals surface area contributed by atoms with Crippen LogP contribution in [-0.4, -0.2) is 38.9 Å². The van der Waals surface area contributed by atoms with Crippen molar-refractivity contribution in [3.05, 3.63) is 53.3 Å². The number of benzene rings is 1. The van der Waals surface area contributed by atoms with E-state index in [1.54, 1.807) is 31.3 Å². The van der Waals surface area contributed by atoms with Crippen molar-refractivity contribution in [2.45, 2.75) is 6.18 Å². The molecule has 0 N–H and O–H groups in total. The average molecular weight is 396 g/mol. The van der Waals surface area contributed by atoms with Crippen LogP contribution in [0.25, 0.3) is 17.0 Å². The number of rotatable bonds is 4. The Morgan fingerprint density at radius 3 is 2.44 bits per heavy atom. The molecule has 0 bridgehead atoms. The zero-order chi connectivity index (χ0) is 19.6. The van der Waals surface area contributed by atoms with Gasteiger partial charge in [0.15, 0.2) is 0 Å². The SMILES string of the molecule is CN(C)/C=C/c1nc(C(F)(F)F)nc2cccc(Oc3ncc(Cl)cn3)c12. The van der Waals surface area contributed by atoms with Crippen molar-refractivity contribution >= 4 is 28.6 Å². The highest BCUT2D eigenvalue weighted by Crippen LogP contribution is 2.34. The Hall–Kier alpha value is -2.94. The van der Waals surface area contributed by atoms with Crippen molar-refractivity contribution in [2.75, 3.05) is 14.1 Å². The van der Waals surface area contributed by atoms with E-state index in [2.05, 4.69) is 19.9 Å². The molecule has 0 saturated carbocycles. The van der Waals surface area contributed by atoms with Crippen LogP contribution in [0.1, 0.15) is 11.5 Å². The van der Waals surface area contributed by atoms with E-state index in [-0.39, 0.29) is 23.0 Å². The van der Waals surface area contributed by atoms with E-state index in [0.717, 1.165) is 0 Å². The highest BCUT2D eigenvalue weighted by molar-refractivity contribution is 6.30. The fourth-order valence-corrected chi connectivity index (χ4v) is 2.28. The first-order chi connectivity index (χ1) is 12.7. The van der Waals surface area contributed by atoms with Crippen molar-refractivity contribution in [3.8, 4) is 11.8 Å². The van der Waals surface area contributed by atoms with Crippen LogP contribution in [0.3, 0.4) is 0 Å². The summed E-state index contributed by atoms with van der Waals surface area (Å²) in [5, 5.41) is 0.634. The molecule has 0 atom stereocenters. The summed E-state index contributed by atoms with van der Waals surface area (Å²) in [6, 6.07) is 4.55. The van der Waals surface area contributed by atoms with Crippen LogP contribution in [-0.2, 0) is 6.18 Å². The van der Waals surface area contributed by atoms with Crippen LogP contribution in [0.15, 0.2) is 36.8 Å². The molecule has 0 radical (unpaired) electrons. The minimum Gasteiger partial charge on any atom is -0.423 e. The topological polar surface area (TPSA) is 64.0 Å². The normalized spacial score (nSPS) is 11.9. The predicted octanol–water partition coefficient (Wildman–Crippen LogP) is 4.42. The van der Waals surface area contributed by atoms with Crippen LogP contribution in [0, 0.1) is 0 Å². The molecule has 0 fully saturated rings. The summed E-state index contributed by atoms with van der Waals surface area (Å²) in [5.41, 5.74) is 0.146. The second-order valence-corrected chi connectivity index (χ2v) is 6.08. The van der Waals surface area contributed by atoms with Crippen molar-refractivity contribution in [2.24, 2.45) is 0 Å². The second-order valence-electron chi connectivity index (χ2n) is 5.65. The lowest BCUT2D eigenvalue weighted by Gasteiger charge is -2.12. The lowest BCUT2D eigenvalue weighted by Crippen LogP contribution is -2.12. The summed E-state index contributed by atoms with van der Waals surface area (Å²) in [5.74, 6) is -1.00. The van der Waals surface area contributed by atoms with Gasteiger partial charge in [0.25, 0.3) is 0 Å². The molecule has 3 rings (SSSR count). The summed E-state index contributed by atoms with van der Waals surface area (Å²) >= 11 is 5.75. The van der Waals surface area contributed by atoms with Crippen molar-refractivity contribution in [1.29, 1.82) is 0 Å². The highest BCUT2D eigenvalue weighted by atomic mass is 35.5. The molecule has 0 saturated heterocycles. The largest absolute Gasteiger partial charge is 0.451 e. The van der Waals surface area contributed by atoms with E-state index in [9.17, 15) is 13.2 Å². The van der Waals surface area contributed by atoms with Gasteiger partial charge in [-0.05, 0) is 18.2 Å². The number of fused-ring (bicyclic) bond motifs is 1. The lowest BCUT2D eigenvalue weighted by molar-refractivity contribution is -0.144. The summed E-state index contributed by atoms with van der Waals surface area (Å²) in [6.45, 7) is 0. The Labute approximate surface area is 157 Å². The number of hydrogen-bond donors (Lipinski definition) is 0. The summed E-state index contributed by atoms with van der Waals surface area (Å²) < 4.78 is 45.1. The molecular weight excluding hydrogens is 383 g/mol. The van der Waals surface area contributed by atoms with Gasteiger partial charge in [0.05, 0.1) is 34.0 Å². The summed E-state index contributed by atoms with van der Waals surface area (Å²) in [6.07, 6.45) is 1.05. The molecule has 27 heavy (non-hydrogen) atoms. The first-order valence-electron chi connectivity index (χ1n) is 7.62. The molecule has 0 aliphatic heterocycles. The van der Waals surface area contributed by atoms with Gasteiger partial charge in [-0.25, -0.2) is 19.9 Å². The first kappa shape index (κ1) is 18.8. The van der Waals surface area contributed by atoms with E-state index in [1.807, 2.05) is 0 Å². The molecule has 6 nitrogen and oxygen atoms in total. The third-order valence-electron chi connectivity index (χ3n) is 3.30. The molecule has 2 aromatic heterocycles. The molecule has 1 aromatic carbocycles. The number of halogens is 4. The number of ether oxygens (including phenoxy) is 1. The zero-order valence-corrected chi connectivity index (χ0v) is 15.0. The van der Waals surface area contributed by atoms with Gasteiger partial charge in [0, 0.05) is 20.3 Å². The van der Waals surface area contributed by atoms with Crippen LogP contribution in [0.2, 0.25) is 5.02 Å². The highest BCUT2D eigenvalue weighted by Gasteiger charge is 2.35. The first-order valence-corrected chi connectivity index (χ1v) is 8.00. The third-order valence-corrected chi connectivity index (χ3v) is 3.49. The van der Waals surface area contributed by atoms with Gasteiger partial charge in [0.2, 0.25) is 5.82 Å². The number of hydrogen-bond acceptors (Lipinski definition) is 6. The smallest absolute Gasteiger partial charge is 0.423 e. The fraction of sp³-hybridized carbons (Fsp3) is 0.176. The van der Waals surface area contributed by atoms with E-state index in [4.69, 9.17) is 16.3 Å². The predicted molar refractivity (Wildman–Crippen MR) is 94.4 cm³/mol. The van der Waals surface area contributed by atoms with Gasteiger partial charge in [0.1, 0.15) is 5.75 Å². The van der Waals surface area contributed by atoms with Gasteiger partial charge >= 0.3 is 12.2 Å². The van der Waals surface area contributed by atoms with Gasteiger partial charge in [-0.3, -0.25) is 0 Å². The molecule has 3 aromatic rings. The minimum absolute atomic E-state index is 0.00524. The molecule has 140 valence electrons. The molecule has 10 heteroatoms. The van der Waals surface area contributed by atoms with Gasteiger partial charge in [-0.1, -0.05) is 17.7 Å². The third kappa shape index (κ3) is 4.43. The molecule has 0 aliphatic carbocycles. The van der Waals surface area contributed by atoms with Crippen LogP contribution < -0.4 is 4.74 Å². The fourth-order valence-electron chi connectivity index (χ4n) is 2.18. The minimum atomic E-state index is -4.68. The second kappa shape index (κ2) is 7.36. The summed E-state index contributed by atoms with van der Waals surface area (Å²) in [4.78, 5) is 16.8. The maximum atomic E-state index is 13.2. The monoisotopic (exact) mass is 395 g/mol.